The molecule has 0 radical (unpaired) electrons. The van der Waals surface area contributed by atoms with Crippen molar-refractivity contribution in [2.24, 2.45) is 5.73 Å². The summed E-state index contributed by atoms with van der Waals surface area (Å²) < 4.78 is 39.3. The van der Waals surface area contributed by atoms with E-state index in [0.29, 0.717) is 6.54 Å². The topological polar surface area (TPSA) is 29.3 Å². The SMILES string of the molecule is CCN(Cc1ccccc1C)C(C(C)N)C(F)(F)F. The number of nitrogens with zero attached hydrogens (tertiary/aromatic N) is 1. The summed E-state index contributed by atoms with van der Waals surface area (Å²) in [5.74, 6) is 0. The number of alkyl halides is 3. The van der Waals surface area contributed by atoms with Crippen LogP contribution in [0, 0.1) is 6.92 Å². The molecule has 5 heteroatoms. The van der Waals surface area contributed by atoms with Crippen LogP contribution in [0.15, 0.2) is 24.3 Å². The molecule has 0 aliphatic heterocycles. The number of nitrogens with two attached hydrogens (primary N) is 1. The van der Waals surface area contributed by atoms with Crippen molar-refractivity contribution in [2.75, 3.05) is 6.54 Å². The lowest BCUT2D eigenvalue weighted by Gasteiger charge is -2.35. The van der Waals surface area contributed by atoms with Gasteiger partial charge in [-0.2, -0.15) is 13.2 Å². The molecule has 2 N–H and O–H groups in total. The summed E-state index contributed by atoms with van der Waals surface area (Å²) in [4.78, 5) is 1.38. The van der Waals surface area contributed by atoms with Gasteiger partial charge in [-0.25, -0.2) is 0 Å². The Balaban J connectivity index is 2.96. The minimum absolute atomic E-state index is 0.259. The second kappa shape index (κ2) is 6.39. The molecule has 2 unspecified atom stereocenters. The summed E-state index contributed by atoms with van der Waals surface area (Å²) >= 11 is 0. The molecule has 2 atom stereocenters. The van der Waals surface area contributed by atoms with E-state index in [9.17, 15) is 13.2 Å². The van der Waals surface area contributed by atoms with Crippen molar-refractivity contribution in [3.63, 3.8) is 0 Å². The monoisotopic (exact) mass is 274 g/mol. The number of likely N-dealkylation sites (N-methyl/N-ethyl adjacent to an activating group) is 1. The predicted octanol–water partition coefficient (Wildman–Crippen LogP) is 3.10. The van der Waals surface area contributed by atoms with Gasteiger partial charge in [0.25, 0.3) is 0 Å². The van der Waals surface area contributed by atoms with E-state index in [2.05, 4.69) is 0 Å². The molecule has 0 fully saturated rings. The molecular formula is C14H21F3N2. The first-order chi connectivity index (χ1) is 8.77. The first kappa shape index (κ1) is 16.0. The molecule has 1 aromatic rings. The van der Waals surface area contributed by atoms with E-state index in [1.807, 2.05) is 31.2 Å². The van der Waals surface area contributed by atoms with Gasteiger partial charge in [0, 0.05) is 12.6 Å². The third-order valence-corrected chi connectivity index (χ3v) is 3.27. The van der Waals surface area contributed by atoms with E-state index in [1.54, 1.807) is 6.92 Å². The van der Waals surface area contributed by atoms with Gasteiger partial charge >= 0.3 is 6.18 Å². The third kappa shape index (κ3) is 4.21. The maximum Gasteiger partial charge on any atom is 0.405 e. The van der Waals surface area contributed by atoms with E-state index in [4.69, 9.17) is 5.73 Å². The van der Waals surface area contributed by atoms with Crippen molar-refractivity contribution in [2.45, 2.75) is 45.6 Å². The average Bonchev–Trinajstić information content (AvgIpc) is 2.28. The number of hydrogen-bond acceptors (Lipinski definition) is 2. The standard InChI is InChI=1S/C14H21F3N2/c1-4-19(13(11(3)18)14(15,16)17)9-12-8-6-5-7-10(12)2/h5-8,11,13H,4,9,18H2,1-3H3. The highest BCUT2D eigenvalue weighted by Gasteiger charge is 2.45. The van der Waals surface area contributed by atoms with Crippen LogP contribution in [-0.4, -0.2) is 29.7 Å². The molecule has 0 spiro atoms. The Morgan fingerprint density at radius 1 is 1.26 bits per heavy atom. The highest BCUT2D eigenvalue weighted by molar-refractivity contribution is 5.25. The summed E-state index contributed by atoms with van der Waals surface area (Å²) in [6.45, 7) is 5.59. The zero-order valence-electron chi connectivity index (χ0n) is 11.5. The number of rotatable bonds is 5. The fourth-order valence-corrected chi connectivity index (χ4v) is 2.25. The summed E-state index contributed by atoms with van der Waals surface area (Å²) in [6, 6.07) is 4.90. The molecule has 19 heavy (non-hydrogen) atoms. The van der Waals surface area contributed by atoms with Crippen molar-refractivity contribution >= 4 is 0 Å². The normalized spacial score (nSPS) is 15.6. The van der Waals surface area contributed by atoms with Crippen LogP contribution in [0.4, 0.5) is 13.2 Å². The first-order valence-corrected chi connectivity index (χ1v) is 6.38. The van der Waals surface area contributed by atoms with Crippen LogP contribution in [0.5, 0.6) is 0 Å². The highest BCUT2D eigenvalue weighted by atomic mass is 19.4. The summed E-state index contributed by atoms with van der Waals surface area (Å²) in [7, 11) is 0. The molecule has 0 aliphatic carbocycles. The predicted molar refractivity (Wildman–Crippen MR) is 70.8 cm³/mol. The minimum Gasteiger partial charge on any atom is -0.326 e. The van der Waals surface area contributed by atoms with Crippen molar-refractivity contribution in [3.8, 4) is 0 Å². The summed E-state index contributed by atoms with van der Waals surface area (Å²) in [5.41, 5.74) is 7.42. The van der Waals surface area contributed by atoms with Gasteiger partial charge in [-0.15, -0.1) is 0 Å². The van der Waals surface area contributed by atoms with Gasteiger partial charge in [0.1, 0.15) is 6.04 Å². The molecule has 0 aromatic heterocycles. The molecule has 2 nitrogen and oxygen atoms in total. The molecular weight excluding hydrogens is 253 g/mol. The van der Waals surface area contributed by atoms with Crippen LogP contribution in [0.3, 0.4) is 0 Å². The van der Waals surface area contributed by atoms with Crippen LogP contribution >= 0.6 is 0 Å². The molecule has 0 amide bonds. The molecule has 0 saturated carbocycles. The second-order valence-electron chi connectivity index (χ2n) is 4.84. The summed E-state index contributed by atoms with van der Waals surface area (Å²) in [5, 5.41) is 0. The Labute approximate surface area is 112 Å². The lowest BCUT2D eigenvalue weighted by Crippen LogP contribution is -2.54. The van der Waals surface area contributed by atoms with Gasteiger partial charge in [0.15, 0.2) is 0 Å². The Morgan fingerprint density at radius 2 is 1.84 bits per heavy atom. The maximum absolute atomic E-state index is 13.1. The van der Waals surface area contributed by atoms with Crippen molar-refractivity contribution < 1.29 is 13.2 Å². The fourth-order valence-electron chi connectivity index (χ4n) is 2.25. The number of hydrogen-bond donors (Lipinski definition) is 1. The molecule has 0 bridgehead atoms. The smallest absolute Gasteiger partial charge is 0.326 e. The van der Waals surface area contributed by atoms with Crippen LogP contribution in [0.25, 0.3) is 0 Å². The molecule has 0 aliphatic rings. The first-order valence-electron chi connectivity index (χ1n) is 6.38. The fraction of sp³-hybridized carbons (Fsp3) is 0.571. The van der Waals surface area contributed by atoms with Gasteiger partial charge in [0.2, 0.25) is 0 Å². The lowest BCUT2D eigenvalue weighted by molar-refractivity contribution is -0.189. The Morgan fingerprint density at radius 3 is 2.26 bits per heavy atom. The number of benzene rings is 1. The quantitative estimate of drug-likeness (QED) is 0.894. The number of halogens is 3. The zero-order chi connectivity index (χ0) is 14.6. The minimum atomic E-state index is -4.31. The van der Waals surface area contributed by atoms with Gasteiger partial charge in [-0.05, 0) is 31.5 Å². The van der Waals surface area contributed by atoms with Crippen LogP contribution < -0.4 is 5.73 Å². The molecule has 0 saturated heterocycles. The van der Waals surface area contributed by atoms with Crippen molar-refractivity contribution in [3.05, 3.63) is 35.4 Å². The van der Waals surface area contributed by atoms with Gasteiger partial charge in [0.05, 0.1) is 0 Å². The van der Waals surface area contributed by atoms with Crippen LogP contribution in [0.1, 0.15) is 25.0 Å². The highest BCUT2D eigenvalue weighted by Crippen LogP contribution is 2.28. The van der Waals surface area contributed by atoms with Crippen molar-refractivity contribution in [1.29, 1.82) is 0 Å². The average molecular weight is 274 g/mol. The van der Waals surface area contributed by atoms with E-state index in [-0.39, 0.29) is 6.54 Å². The molecule has 1 aromatic carbocycles. The van der Waals surface area contributed by atoms with E-state index < -0.39 is 18.3 Å². The largest absolute Gasteiger partial charge is 0.405 e. The molecule has 108 valence electrons. The van der Waals surface area contributed by atoms with Gasteiger partial charge in [-0.3, -0.25) is 4.90 Å². The third-order valence-electron chi connectivity index (χ3n) is 3.27. The van der Waals surface area contributed by atoms with E-state index in [0.717, 1.165) is 11.1 Å². The lowest BCUT2D eigenvalue weighted by atomic mass is 10.0. The molecule has 0 heterocycles. The molecule has 1 rings (SSSR count). The van der Waals surface area contributed by atoms with E-state index >= 15 is 0 Å². The van der Waals surface area contributed by atoms with Gasteiger partial charge < -0.3 is 5.73 Å². The Hall–Kier alpha value is -1.07. The second-order valence-corrected chi connectivity index (χ2v) is 4.84. The summed E-state index contributed by atoms with van der Waals surface area (Å²) in [6.07, 6.45) is -4.31. The van der Waals surface area contributed by atoms with E-state index in [1.165, 1.54) is 11.8 Å². The Kier molecular flexibility index (Phi) is 5.38. The van der Waals surface area contributed by atoms with Crippen LogP contribution in [0.2, 0.25) is 0 Å². The zero-order valence-corrected chi connectivity index (χ0v) is 11.5. The number of aryl methyl sites for hydroxylation is 1. The van der Waals surface area contributed by atoms with Crippen molar-refractivity contribution in [1.82, 2.24) is 4.90 Å². The van der Waals surface area contributed by atoms with Crippen LogP contribution in [-0.2, 0) is 6.54 Å². The van der Waals surface area contributed by atoms with Gasteiger partial charge in [-0.1, -0.05) is 31.2 Å². The Bertz CT molecular complexity index is 402. The maximum atomic E-state index is 13.1.